The number of rotatable bonds is 5. The van der Waals surface area contributed by atoms with Gasteiger partial charge < -0.3 is 14.5 Å². The van der Waals surface area contributed by atoms with Crippen LogP contribution in [0.2, 0.25) is 0 Å². The van der Waals surface area contributed by atoms with E-state index in [9.17, 15) is 4.79 Å². The molecule has 0 aliphatic heterocycles. The average Bonchev–Trinajstić information content (AvgIpc) is 3.12. The van der Waals surface area contributed by atoms with Crippen LogP contribution in [-0.4, -0.2) is 36.5 Å². The highest BCUT2D eigenvalue weighted by Gasteiger charge is 2.18. The van der Waals surface area contributed by atoms with Crippen LogP contribution in [0, 0.1) is 0 Å². The molecule has 6 nitrogen and oxygen atoms in total. The number of hydrogen-bond acceptors (Lipinski definition) is 4. The Balaban J connectivity index is 1.85. The number of aryl methyl sites for hydroxylation is 1. The van der Waals surface area contributed by atoms with Gasteiger partial charge in [-0.15, -0.1) is 10.2 Å². The fraction of sp³-hybridized carbons (Fsp3) is 0.421. The summed E-state index contributed by atoms with van der Waals surface area (Å²) in [7, 11) is 1.94. The molecule has 3 rings (SSSR count). The number of carbonyl (C=O) groups is 1. The van der Waals surface area contributed by atoms with Crippen LogP contribution in [0.5, 0.6) is 0 Å². The molecular weight excluding hydrogens is 346 g/mol. The second-order valence-corrected chi connectivity index (χ2v) is 8.24. The molecule has 138 valence electrons. The minimum Gasteiger partial charge on any atom is -0.351 e. The van der Waals surface area contributed by atoms with Gasteiger partial charge in [-0.3, -0.25) is 4.79 Å². The van der Waals surface area contributed by atoms with Gasteiger partial charge in [0.2, 0.25) is 5.91 Å². The summed E-state index contributed by atoms with van der Waals surface area (Å²) < 4.78 is 4.17. The van der Waals surface area contributed by atoms with Crippen molar-refractivity contribution in [2.45, 2.75) is 44.9 Å². The molecule has 7 heteroatoms. The van der Waals surface area contributed by atoms with E-state index in [1.807, 2.05) is 44.5 Å². The number of aromatic nitrogens is 4. The number of benzene rings is 1. The van der Waals surface area contributed by atoms with Gasteiger partial charge in [-0.2, -0.15) is 0 Å². The molecule has 1 N–H and O–H groups in total. The third-order valence-corrected chi connectivity index (χ3v) is 5.07. The molecule has 0 spiro atoms. The summed E-state index contributed by atoms with van der Waals surface area (Å²) in [5, 5.41) is 13.5. The molecule has 0 unspecified atom stereocenters. The molecular formula is C19H25N5OS. The molecule has 1 amide bonds. The quantitative estimate of drug-likeness (QED) is 0.698. The average molecular weight is 372 g/mol. The van der Waals surface area contributed by atoms with Gasteiger partial charge >= 0.3 is 0 Å². The maximum Gasteiger partial charge on any atom is 0.230 e. The molecule has 1 aromatic carbocycles. The Morgan fingerprint density at radius 1 is 1.23 bits per heavy atom. The number of thioether (sulfide) groups is 1. The monoisotopic (exact) mass is 371 g/mol. The summed E-state index contributed by atoms with van der Waals surface area (Å²) in [6.07, 6.45) is 2.12. The van der Waals surface area contributed by atoms with Crippen molar-refractivity contribution in [1.29, 1.82) is 0 Å². The zero-order valence-electron chi connectivity index (χ0n) is 15.9. The first-order valence-electron chi connectivity index (χ1n) is 8.71. The molecule has 2 heterocycles. The van der Waals surface area contributed by atoms with Gasteiger partial charge in [-0.1, -0.05) is 30.0 Å². The lowest BCUT2D eigenvalue weighted by Crippen LogP contribution is -2.41. The summed E-state index contributed by atoms with van der Waals surface area (Å²) in [6.45, 7) is 8.94. The highest BCUT2D eigenvalue weighted by molar-refractivity contribution is 7.99. The summed E-state index contributed by atoms with van der Waals surface area (Å²) in [5.74, 6) is 1.13. The molecule has 0 radical (unpaired) electrons. The van der Waals surface area contributed by atoms with E-state index >= 15 is 0 Å². The highest BCUT2D eigenvalue weighted by Crippen LogP contribution is 2.31. The van der Waals surface area contributed by atoms with Gasteiger partial charge in [-0.25, -0.2) is 0 Å². The Hall–Kier alpha value is -2.28. The van der Waals surface area contributed by atoms with E-state index in [0.717, 1.165) is 28.5 Å². The molecule has 0 aliphatic rings. The molecule has 0 aliphatic carbocycles. The van der Waals surface area contributed by atoms with Crippen LogP contribution >= 0.6 is 11.8 Å². The van der Waals surface area contributed by atoms with Crippen molar-refractivity contribution in [3.8, 4) is 11.4 Å². The Morgan fingerprint density at radius 3 is 2.65 bits per heavy atom. The summed E-state index contributed by atoms with van der Waals surface area (Å²) in [4.78, 5) is 12.0. The van der Waals surface area contributed by atoms with Crippen molar-refractivity contribution in [1.82, 2.24) is 24.6 Å². The van der Waals surface area contributed by atoms with Crippen molar-refractivity contribution in [3.63, 3.8) is 0 Å². The first kappa shape index (κ1) is 18.5. The van der Waals surface area contributed by atoms with Crippen LogP contribution in [0.25, 0.3) is 22.3 Å². The molecule has 3 aromatic rings. The summed E-state index contributed by atoms with van der Waals surface area (Å²) in [5.41, 5.74) is 2.01. The van der Waals surface area contributed by atoms with E-state index in [0.29, 0.717) is 5.75 Å². The van der Waals surface area contributed by atoms with Crippen molar-refractivity contribution in [2.24, 2.45) is 7.05 Å². The second-order valence-electron chi connectivity index (χ2n) is 7.30. The van der Waals surface area contributed by atoms with E-state index in [-0.39, 0.29) is 11.4 Å². The first-order chi connectivity index (χ1) is 12.3. The minimum atomic E-state index is -0.231. The Morgan fingerprint density at radius 2 is 1.96 bits per heavy atom. The number of carbonyl (C=O) groups excluding carboxylic acids is 1. The molecule has 2 aromatic heterocycles. The van der Waals surface area contributed by atoms with E-state index in [1.54, 1.807) is 0 Å². The normalized spacial score (nSPS) is 11.9. The molecule has 26 heavy (non-hydrogen) atoms. The maximum absolute atomic E-state index is 12.0. The number of fused-ring (bicyclic) bond motifs is 1. The lowest BCUT2D eigenvalue weighted by molar-refractivity contribution is -0.119. The van der Waals surface area contributed by atoms with Gasteiger partial charge in [0.05, 0.1) is 5.75 Å². The third kappa shape index (κ3) is 3.77. The predicted molar refractivity (Wildman–Crippen MR) is 106 cm³/mol. The van der Waals surface area contributed by atoms with E-state index in [1.165, 1.54) is 17.3 Å². The van der Waals surface area contributed by atoms with Crippen molar-refractivity contribution >= 4 is 28.6 Å². The maximum atomic E-state index is 12.0. The van der Waals surface area contributed by atoms with Gasteiger partial charge in [0, 0.05) is 41.8 Å². The van der Waals surface area contributed by atoms with Gasteiger partial charge in [0.25, 0.3) is 0 Å². The lowest BCUT2D eigenvalue weighted by Gasteiger charge is -2.20. The van der Waals surface area contributed by atoms with E-state index in [2.05, 4.69) is 45.3 Å². The van der Waals surface area contributed by atoms with Crippen LogP contribution in [0.4, 0.5) is 0 Å². The van der Waals surface area contributed by atoms with E-state index < -0.39 is 0 Å². The number of amides is 1. The smallest absolute Gasteiger partial charge is 0.230 e. The van der Waals surface area contributed by atoms with Crippen LogP contribution in [0.3, 0.4) is 0 Å². The second kappa shape index (κ2) is 7.15. The largest absolute Gasteiger partial charge is 0.351 e. The number of nitrogens with one attached hydrogen (secondary N) is 1. The summed E-state index contributed by atoms with van der Waals surface area (Å²) >= 11 is 1.40. The fourth-order valence-corrected chi connectivity index (χ4v) is 3.66. The van der Waals surface area contributed by atoms with Crippen LogP contribution < -0.4 is 5.32 Å². The number of hydrogen-bond donors (Lipinski definition) is 1. The van der Waals surface area contributed by atoms with Crippen LogP contribution in [-0.2, 0) is 18.4 Å². The van der Waals surface area contributed by atoms with Crippen molar-refractivity contribution < 1.29 is 4.79 Å². The molecule has 0 saturated heterocycles. The highest BCUT2D eigenvalue weighted by atomic mass is 32.2. The first-order valence-corrected chi connectivity index (χ1v) is 9.70. The Kier molecular flexibility index (Phi) is 5.09. The molecule has 0 saturated carbocycles. The van der Waals surface area contributed by atoms with Gasteiger partial charge in [0.15, 0.2) is 11.0 Å². The summed E-state index contributed by atoms with van der Waals surface area (Å²) in [6, 6.07) is 8.30. The SMILES string of the molecule is CCn1cc(-c2nnc(SCC(=O)NC(C)(C)C)n2C)c2ccccc21. The van der Waals surface area contributed by atoms with Crippen molar-refractivity contribution in [3.05, 3.63) is 30.5 Å². The zero-order chi connectivity index (χ0) is 18.9. The zero-order valence-corrected chi connectivity index (χ0v) is 16.7. The molecule has 0 bridgehead atoms. The lowest BCUT2D eigenvalue weighted by atomic mass is 10.1. The number of nitrogens with zero attached hydrogens (tertiary/aromatic N) is 4. The third-order valence-electron chi connectivity index (χ3n) is 4.05. The number of para-hydroxylation sites is 1. The van der Waals surface area contributed by atoms with E-state index in [4.69, 9.17) is 0 Å². The molecule has 0 fully saturated rings. The standard InChI is InChI=1S/C19H25N5OS/c1-6-24-11-14(13-9-7-8-10-15(13)24)17-21-22-18(23(17)5)26-12-16(25)20-19(2,3)4/h7-11H,6,12H2,1-5H3,(H,20,25). The molecule has 0 atom stereocenters. The van der Waals surface area contributed by atoms with Crippen molar-refractivity contribution in [2.75, 3.05) is 5.75 Å². The van der Waals surface area contributed by atoms with Crippen LogP contribution in [0.15, 0.2) is 35.6 Å². The Bertz CT molecular complexity index is 935. The minimum absolute atomic E-state index is 0.00497. The van der Waals surface area contributed by atoms with Gasteiger partial charge in [0.1, 0.15) is 0 Å². The Labute approximate surface area is 158 Å². The van der Waals surface area contributed by atoms with Gasteiger partial charge in [-0.05, 0) is 33.8 Å². The topological polar surface area (TPSA) is 64.7 Å². The fourth-order valence-electron chi connectivity index (χ4n) is 2.95. The predicted octanol–water partition coefficient (Wildman–Crippen LogP) is 3.46. The van der Waals surface area contributed by atoms with Crippen LogP contribution in [0.1, 0.15) is 27.7 Å².